The lowest BCUT2D eigenvalue weighted by molar-refractivity contribution is -0.137. The Hall–Kier alpha value is -4.15. The molecule has 0 saturated heterocycles. The summed E-state index contributed by atoms with van der Waals surface area (Å²) in [5.74, 6) is 0.284. The van der Waals surface area contributed by atoms with Crippen molar-refractivity contribution in [3.63, 3.8) is 0 Å². The van der Waals surface area contributed by atoms with Gasteiger partial charge in [0.15, 0.2) is 0 Å². The summed E-state index contributed by atoms with van der Waals surface area (Å²) in [5.41, 5.74) is -0.265. The lowest BCUT2D eigenvalue weighted by Gasteiger charge is -2.39. The van der Waals surface area contributed by atoms with Gasteiger partial charge in [-0.25, -0.2) is 4.79 Å². The zero-order chi connectivity index (χ0) is 26.8. The molecule has 2 aromatic heterocycles. The van der Waals surface area contributed by atoms with E-state index in [1.807, 2.05) is 24.3 Å². The van der Waals surface area contributed by atoms with E-state index in [4.69, 9.17) is 4.42 Å². The highest BCUT2D eigenvalue weighted by atomic mass is 19.4. The molecule has 0 aliphatic rings. The van der Waals surface area contributed by atoms with Crippen LogP contribution in [0.25, 0.3) is 22.2 Å². The summed E-state index contributed by atoms with van der Waals surface area (Å²) in [6, 6.07) is 11.7. The topological polar surface area (TPSA) is 104 Å². The van der Waals surface area contributed by atoms with E-state index >= 15 is 0 Å². The Morgan fingerprint density at radius 3 is 2.43 bits per heavy atom. The molecule has 0 bridgehead atoms. The third-order valence-corrected chi connectivity index (χ3v) is 5.85. The van der Waals surface area contributed by atoms with E-state index in [1.54, 1.807) is 33.2 Å². The number of pyridine rings is 1. The van der Waals surface area contributed by atoms with Gasteiger partial charge in [-0.1, -0.05) is 23.3 Å². The monoisotopic (exact) mass is 513 g/mol. The lowest BCUT2D eigenvalue weighted by Crippen LogP contribution is -2.54. The zero-order valence-corrected chi connectivity index (χ0v) is 20.5. The summed E-state index contributed by atoms with van der Waals surface area (Å²) >= 11 is 0. The molecule has 0 fully saturated rings. The fraction of sp³-hybridized carbons (Fsp3) is 0.308. The number of nitrogens with one attached hydrogen (secondary N) is 1. The van der Waals surface area contributed by atoms with E-state index in [9.17, 15) is 23.1 Å². The molecule has 4 rings (SSSR count). The van der Waals surface area contributed by atoms with Crippen LogP contribution >= 0.6 is 0 Å². The van der Waals surface area contributed by atoms with Gasteiger partial charge in [-0.2, -0.15) is 13.2 Å². The fourth-order valence-corrected chi connectivity index (χ4v) is 4.18. The Balaban J connectivity index is 1.54. The Bertz CT molecular complexity index is 1380. The van der Waals surface area contributed by atoms with Crippen LogP contribution in [0.3, 0.4) is 0 Å². The molecular formula is C26H26F3N5O3. The summed E-state index contributed by atoms with van der Waals surface area (Å²) in [5, 5.41) is 23.0. The molecule has 37 heavy (non-hydrogen) atoms. The molecule has 194 valence electrons. The largest absolute Gasteiger partial charge is 0.465 e. The number of hydrogen-bond acceptors (Lipinski definition) is 6. The Labute approximate surface area is 211 Å². The van der Waals surface area contributed by atoms with Crippen LogP contribution in [-0.4, -0.2) is 49.4 Å². The number of carbonyl (C=O) groups is 1. The molecule has 0 aliphatic carbocycles. The molecule has 0 aliphatic heterocycles. The molecule has 2 aromatic carbocycles. The van der Waals surface area contributed by atoms with Crippen molar-refractivity contribution in [1.82, 2.24) is 20.1 Å². The van der Waals surface area contributed by atoms with Crippen molar-refractivity contribution in [2.45, 2.75) is 44.9 Å². The van der Waals surface area contributed by atoms with E-state index in [0.29, 0.717) is 11.1 Å². The first kappa shape index (κ1) is 25.9. The molecule has 1 atom stereocenters. The summed E-state index contributed by atoms with van der Waals surface area (Å²) < 4.78 is 44.6. The number of aromatic nitrogens is 3. The van der Waals surface area contributed by atoms with Gasteiger partial charge in [-0.15, -0.1) is 5.10 Å². The van der Waals surface area contributed by atoms with Gasteiger partial charge in [0.1, 0.15) is 0 Å². The first-order valence-corrected chi connectivity index (χ1v) is 11.5. The van der Waals surface area contributed by atoms with Crippen molar-refractivity contribution in [2.75, 3.05) is 11.9 Å². The predicted molar refractivity (Wildman–Crippen MR) is 132 cm³/mol. The average Bonchev–Trinajstić information content (AvgIpc) is 3.30. The lowest BCUT2D eigenvalue weighted by atomic mass is 9.98. The molecule has 2 N–H and O–H groups in total. The van der Waals surface area contributed by atoms with Gasteiger partial charge in [0, 0.05) is 35.4 Å². The third-order valence-electron chi connectivity index (χ3n) is 5.85. The average molecular weight is 514 g/mol. The number of amides is 1. The molecule has 2 heterocycles. The number of alkyl halides is 3. The van der Waals surface area contributed by atoms with Crippen molar-refractivity contribution in [3.05, 3.63) is 72.1 Å². The quantitative estimate of drug-likeness (QED) is 0.307. The maximum absolute atomic E-state index is 13.0. The molecule has 8 nitrogen and oxygen atoms in total. The van der Waals surface area contributed by atoms with Crippen LogP contribution in [0.2, 0.25) is 0 Å². The van der Waals surface area contributed by atoms with E-state index < -0.39 is 29.4 Å². The van der Waals surface area contributed by atoms with Gasteiger partial charge in [0.05, 0.1) is 11.6 Å². The smallest absolute Gasteiger partial charge is 0.416 e. The molecule has 0 unspecified atom stereocenters. The highest BCUT2D eigenvalue weighted by Gasteiger charge is 2.34. The van der Waals surface area contributed by atoms with Crippen LogP contribution in [0, 0.1) is 0 Å². The van der Waals surface area contributed by atoms with Crippen LogP contribution in [0.1, 0.15) is 31.9 Å². The number of carboxylic acid groups (broad SMARTS) is 1. The van der Waals surface area contributed by atoms with Gasteiger partial charge in [-0.05, 0) is 68.5 Å². The van der Waals surface area contributed by atoms with E-state index in [2.05, 4.69) is 20.5 Å². The number of rotatable bonds is 7. The second-order valence-electron chi connectivity index (χ2n) is 9.61. The first-order chi connectivity index (χ1) is 17.4. The van der Waals surface area contributed by atoms with Crippen LogP contribution in [0.15, 0.2) is 65.3 Å². The van der Waals surface area contributed by atoms with Gasteiger partial charge < -0.3 is 14.8 Å². The van der Waals surface area contributed by atoms with Crippen molar-refractivity contribution in [1.29, 1.82) is 0 Å². The number of fused-ring (bicyclic) bond motifs is 1. The molecule has 0 saturated carbocycles. The second kappa shape index (κ2) is 10.1. The summed E-state index contributed by atoms with van der Waals surface area (Å²) in [6.07, 6.45) is -1.99. The van der Waals surface area contributed by atoms with Gasteiger partial charge in [-0.3, -0.25) is 9.88 Å². The van der Waals surface area contributed by atoms with Gasteiger partial charge >= 0.3 is 18.3 Å². The highest BCUT2D eigenvalue weighted by molar-refractivity contribution is 5.85. The maximum atomic E-state index is 13.0. The number of nitrogens with zero attached hydrogens (tertiary/aromatic N) is 4. The number of benzene rings is 2. The standard InChI is InChI=1S/C26H26F3N5O3/c1-25(2,3)34(24(35)36)21(12-16-4-8-20(9-5-16)26(27,28)29)15-31-23-33-32-22(37-23)18-6-7-19-14-30-11-10-17(19)13-18/h4-11,13-14,21H,12,15H2,1-3H3,(H,31,33)(H,35,36)/t21-/m0/s1. The molecule has 11 heteroatoms. The normalized spacial score (nSPS) is 12.9. The molecule has 4 aromatic rings. The van der Waals surface area contributed by atoms with Gasteiger partial charge in [0.25, 0.3) is 0 Å². The third kappa shape index (κ3) is 6.16. The van der Waals surface area contributed by atoms with Crippen LogP contribution in [0.5, 0.6) is 0 Å². The second-order valence-corrected chi connectivity index (χ2v) is 9.61. The van der Waals surface area contributed by atoms with Crippen molar-refractivity contribution < 1.29 is 27.5 Å². The van der Waals surface area contributed by atoms with Gasteiger partial charge in [0.2, 0.25) is 5.89 Å². The van der Waals surface area contributed by atoms with E-state index in [0.717, 1.165) is 22.9 Å². The van der Waals surface area contributed by atoms with Crippen molar-refractivity contribution in [2.24, 2.45) is 0 Å². The minimum atomic E-state index is -4.45. The Kier molecular flexibility index (Phi) is 7.06. The van der Waals surface area contributed by atoms with Crippen LogP contribution in [0.4, 0.5) is 24.0 Å². The van der Waals surface area contributed by atoms with E-state index in [1.165, 1.54) is 17.0 Å². The van der Waals surface area contributed by atoms with Crippen LogP contribution < -0.4 is 5.32 Å². The Morgan fingerprint density at radius 2 is 1.78 bits per heavy atom. The van der Waals surface area contributed by atoms with E-state index in [-0.39, 0.29) is 24.9 Å². The maximum Gasteiger partial charge on any atom is 0.416 e. The number of hydrogen-bond donors (Lipinski definition) is 2. The van der Waals surface area contributed by atoms with Crippen LogP contribution in [-0.2, 0) is 12.6 Å². The minimum absolute atomic E-state index is 0.0929. The molecular weight excluding hydrogens is 487 g/mol. The fourth-order valence-electron chi connectivity index (χ4n) is 4.18. The predicted octanol–water partition coefficient (Wildman–Crippen LogP) is 6.11. The zero-order valence-electron chi connectivity index (χ0n) is 20.5. The number of halogens is 3. The number of anilines is 1. The summed E-state index contributed by atoms with van der Waals surface area (Å²) in [6.45, 7) is 5.35. The van der Waals surface area contributed by atoms with Crippen molar-refractivity contribution >= 4 is 22.9 Å². The molecule has 0 radical (unpaired) electrons. The molecule has 1 amide bonds. The Morgan fingerprint density at radius 1 is 1.05 bits per heavy atom. The highest BCUT2D eigenvalue weighted by Crippen LogP contribution is 2.30. The van der Waals surface area contributed by atoms with Crippen molar-refractivity contribution in [3.8, 4) is 11.5 Å². The minimum Gasteiger partial charge on any atom is -0.465 e. The summed E-state index contributed by atoms with van der Waals surface area (Å²) in [7, 11) is 0. The molecule has 0 spiro atoms. The first-order valence-electron chi connectivity index (χ1n) is 11.5. The SMILES string of the molecule is CC(C)(C)N(C(=O)O)[C@H](CNc1nnc(-c2ccc3cnccc3c2)o1)Cc1ccc(C(F)(F)F)cc1. The summed E-state index contributed by atoms with van der Waals surface area (Å²) in [4.78, 5) is 17.5.